The lowest BCUT2D eigenvalue weighted by molar-refractivity contribution is 0.0537. The summed E-state index contributed by atoms with van der Waals surface area (Å²) in [5.74, 6) is -2.02. The molecule has 162 valence electrons. The van der Waals surface area contributed by atoms with E-state index < -0.39 is 28.0 Å². The van der Waals surface area contributed by atoms with Gasteiger partial charge in [0.1, 0.15) is 6.61 Å². The predicted molar refractivity (Wildman–Crippen MR) is 114 cm³/mol. The van der Waals surface area contributed by atoms with E-state index in [9.17, 15) is 14.7 Å². The van der Waals surface area contributed by atoms with Crippen LogP contribution in [0.25, 0.3) is 0 Å². The summed E-state index contributed by atoms with van der Waals surface area (Å²) in [7, 11) is 1.58. The highest BCUT2D eigenvalue weighted by molar-refractivity contribution is 6.54. The van der Waals surface area contributed by atoms with Gasteiger partial charge in [-0.15, -0.1) is 0 Å². The molecule has 1 aromatic heterocycles. The van der Waals surface area contributed by atoms with Gasteiger partial charge in [-0.3, -0.25) is 4.79 Å². The second-order valence-corrected chi connectivity index (χ2v) is 7.12. The number of carboxylic acids is 1. The van der Waals surface area contributed by atoms with E-state index in [0.29, 0.717) is 25.7 Å². The molecule has 1 amide bonds. The van der Waals surface area contributed by atoms with Crippen molar-refractivity contribution in [2.75, 3.05) is 38.9 Å². The zero-order valence-corrected chi connectivity index (χ0v) is 18.5. The maximum atomic E-state index is 12.7. The highest BCUT2D eigenvalue weighted by Gasteiger charge is 2.28. The normalized spacial score (nSPS) is 10.7. The number of methoxy groups -OCH3 is 1. The lowest BCUT2D eigenvalue weighted by Gasteiger charge is -2.14. The largest absolute Gasteiger partial charge is 0.478 e. The van der Waals surface area contributed by atoms with E-state index in [0.717, 1.165) is 0 Å². The monoisotopic (exact) mass is 496 g/mol. The summed E-state index contributed by atoms with van der Waals surface area (Å²) in [4.78, 5) is 28.3. The molecule has 0 saturated heterocycles. The van der Waals surface area contributed by atoms with Gasteiger partial charge in [0.15, 0.2) is 0 Å². The molecular formula is C18H16Cl4N2O6. The van der Waals surface area contributed by atoms with Crippen LogP contribution in [0.5, 0.6) is 5.88 Å². The number of nitrogens with zero attached hydrogens (tertiary/aromatic N) is 1. The number of halogens is 4. The number of carboxylic acid groups (broad SMARTS) is 1. The number of benzene rings is 1. The third-order valence-electron chi connectivity index (χ3n) is 3.61. The molecule has 1 aromatic carbocycles. The minimum atomic E-state index is -1.49. The summed E-state index contributed by atoms with van der Waals surface area (Å²) in [6, 6.07) is 3.03. The molecule has 0 fully saturated rings. The Kier molecular flexibility index (Phi) is 9.41. The van der Waals surface area contributed by atoms with Crippen molar-refractivity contribution in [3.8, 4) is 5.88 Å². The van der Waals surface area contributed by atoms with Crippen molar-refractivity contribution < 1.29 is 28.9 Å². The molecule has 0 bridgehead atoms. The van der Waals surface area contributed by atoms with E-state index >= 15 is 0 Å². The van der Waals surface area contributed by atoms with Crippen molar-refractivity contribution in [1.29, 1.82) is 0 Å². The van der Waals surface area contributed by atoms with E-state index in [4.69, 9.17) is 60.6 Å². The smallest absolute Gasteiger partial charge is 0.338 e. The molecule has 0 atom stereocenters. The first kappa shape index (κ1) is 24.5. The average Bonchev–Trinajstić information content (AvgIpc) is 2.72. The van der Waals surface area contributed by atoms with Gasteiger partial charge in [-0.2, -0.15) is 0 Å². The molecule has 30 heavy (non-hydrogen) atoms. The Morgan fingerprint density at radius 1 is 0.967 bits per heavy atom. The molecule has 2 rings (SSSR count). The van der Waals surface area contributed by atoms with Crippen molar-refractivity contribution in [3.05, 3.63) is 49.5 Å². The lowest BCUT2D eigenvalue weighted by atomic mass is 10.1. The van der Waals surface area contributed by atoms with Crippen LogP contribution in [-0.2, 0) is 9.47 Å². The number of hydrogen-bond acceptors (Lipinski definition) is 6. The second kappa shape index (κ2) is 11.5. The van der Waals surface area contributed by atoms with Crippen molar-refractivity contribution in [2.45, 2.75) is 0 Å². The fourth-order valence-corrected chi connectivity index (χ4v) is 3.25. The molecule has 2 N–H and O–H groups in total. The minimum absolute atomic E-state index is 0.229. The van der Waals surface area contributed by atoms with Gasteiger partial charge in [-0.05, 0) is 6.07 Å². The zero-order valence-electron chi connectivity index (χ0n) is 15.5. The van der Waals surface area contributed by atoms with Crippen LogP contribution in [0.1, 0.15) is 20.7 Å². The Labute approximate surface area is 191 Å². The number of nitrogens with one attached hydrogen (secondary N) is 1. The van der Waals surface area contributed by atoms with E-state index in [1.807, 2.05) is 0 Å². The fraction of sp³-hybridized carbons (Fsp3) is 0.278. The molecule has 0 saturated carbocycles. The topological polar surface area (TPSA) is 107 Å². The molecule has 0 radical (unpaired) electrons. The average molecular weight is 498 g/mol. The summed E-state index contributed by atoms with van der Waals surface area (Å²) < 4.78 is 15.5. The van der Waals surface area contributed by atoms with Gasteiger partial charge < -0.3 is 24.6 Å². The molecule has 1 heterocycles. The molecule has 8 nitrogen and oxygen atoms in total. The van der Waals surface area contributed by atoms with Crippen LogP contribution in [0, 0.1) is 0 Å². The Bertz CT molecular complexity index is 924. The molecule has 0 spiro atoms. The van der Waals surface area contributed by atoms with Crippen molar-refractivity contribution >= 4 is 64.0 Å². The number of amides is 1. The number of ether oxygens (including phenoxy) is 3. The van der Waals surface area contributed by atoms with Crippen LogP contribution in [0.2, 0.25) is 20.1 Å². The molecular weight excluding hydrogens is 482 g/mol. The number of carbonyl (C=O) groups is 2. The van der Waals surface area contributed by atoms with Crippen molar-refractivity contribution in [3.63, 3.8) is 0 Å². The van der Waals surface area contributed by atoms with E-state index in [1.165, 1.54) is 18.3 Å². The van der Waals surface area contributed by atoms with Gasteiger partial charge in [-0.1, -0.05) is 46.4 Å². The van der Waals surface area contributed by atoms with Crippen LogP contribution >= 0.6 is 46.4 Å². The van der Waals surface area contributed by atoms with Crippen LogP contribution in [0.15, 0.2) is 18.3 Å². The van der Waals surface area contributed by atoms with Gasteiger partial charge in [0.2, 0.25) is 5.88 Å². The summed E-state index contributed by atoms with van der Waals surface area (Å²) in [5.41, 5.74) is -0.717. The SMILES string of the molecule is COCCOCCOc1ccc(NC(=O)c2c(Cl)c(Cl)c(Cl)c(Cl)c2C(=O)O)cn1. The Hall–Kier alpha value is -1.81. The molecule has 12 heteroatoms. The second-order valence-electron chi connectivity index (χ2n) is 5.60. The Morgan fingerprint density at radius 3 is 2.17 bits per heavy atom. The summed E-state index contributed by atoms with van der Waals surface area (Å²) in [5, 5.41) is 10.7. The Morgan fingerprint density at radius 2 is 1.60 bits per heavy atom. The lowest BCUT2D eigenvalue weighted by Crippen LogP contribution is -2.18. The van der Waals surface area contributed by atoms with Crippen molar-refractivity contribution in [1.82, 2.24) is 4.98 Å². The standard InChI is InChI=1S/C18H16Cl4N2O6/c1-28-4-5-29-6-7-30-10-3-2-9(8-23-10)24-17(25)11-12(18(26)27)14(20)16(22)15(21)13(11)19/h2-3,8H,4-7H2,1H3,(H,24,25)(H,26,27). The predicted octanol–water partition coefficient (Wildman–Crippen LogP) is 4.69. The van der Waals surface area contributed by atoms with E-state index in [2.05, 4.69) is 10.3 Å². The highest BCUT2D eigenvalue weighted by atomic mass is 35.5. The van der Waals surface area contributed by atoms with Crippen LogP contribution in [-0.4, -0.2) is 55.5 Å². The molecule has 0 unspecified atom stereocenters. The third kappa shape index (κ3) is 6.10. The van der Waals surface area contributed by atoms with Crippen LogP contribution in [0.4, 0.5) is 5.69 Å². The summed E-state index contributed by atoms with van der Waals surface area (Å²) in [6.45, 7) is 1.59. The van der Waals surface area contributed by atoms with Gasteiger partial charge in [0.25, 0.3) is 5.91 Å². The Balaban J connectivity index is 2.09. The van der Waals surface area contributed by atoms with Crippen molar-refractivity contribution in [2.24, 2.45) is 0 Å². The number of aromatic nitrogens is 1. The summed E-state index contributed by atoms with van der Waals surface area (Å²) >= 11 is 23.8. The summed E-state index contributed by atoms with van der Waals surface area (Å²) in [6.07, 6.45) is 1.33. The van der Waals surface area contributed by atoms with Gasteiger partial charge >= 0.3 is 5.97 Å². The maximum Gasteiger partial charge on any atom is 0.338 e. The van der Waals surface area contributed by atoms with Crippen LogP contribution < -0.4 is 10.1 Å². The maximum absolute atomic E-state index is 12.7. The number of hydrogen-bond donors (Lipinski definition) is 2. The number of rotatable bonds is 10. The number of aromatic carboxylic acids is 1. The van der Waals surface area contributed by atoms with Crippen LogP contribution in [0.3, 0.4) is 0 Å². The van der Waals surface area contributed by atoms with Gasteiger partial charge in [0, 0.05) is 13.2 Å². The first-order chi connectivity index (χ1) is 14.3. The third-order valence-corrected chi connectivity index (χ3v) is 5.41. The minimum Gasteiger partial charge on any atom is -0.478 e. The number of carbonyl (C=O) groups excluding carboxylic acids is 1. The molecule has 0 aliphatic carbocycles. The highest BCUT2D eigenvalue weighted by Crippen LogP contribution is 2.41. The van der Waals surface area contributed by atoms with Gasteiger partial charge in [0.05, 0.1) is 62.9 Å². The van der Waals surface area contributed by atoms with Gasteiger partial charge in [-0.25, -0.2) is 9.78 Å². The first-order valence-electron chi connectivity index (χ1n) is 8.34. The zero-order chi connectivity index (χ0) is 22.3. The molecule has 0 aliphatic rings. The van der Waals surface area contributed by atoms with E-state index in [1.54, 1.807) is 7.11 Å². The first-order valence-corrected chi connectivity index (χ1v) is 9.85. The number of pyridine rings is 1. The van der Waals surface area contributed by atoms with E-state index in [-0.39, 0.29) is 27.4 Å². The fourth-order valence-electron chi connectivity index (χ4n) is 2.23. The molecule has 0 aliphatic heterocycles. The molecule has 2 aromatic rings. The number of anilines is 1. The quantitative estimate of drug-likeness (QED) is 0.278.